The minimum Gasteiger partial charge on any atom is -0.369 e. The molecule has 0 saturated heterocycles. The van der Waals surface area contributed by atoms with Crippen molar-refractivity contribution >= 4 is 0 Å². The molecular formula is C14H19N3O2. The van der Waals surface area contributed by atoms with Crippen LogP contribution in [0.25, 0.3) is 0 Å². The fourth-order valence-corrected chi connectivity index (χ4v) is 1.92. The average Bonchev–Trinajstić information content (AvgIpc) is 2.90. The number of hydrogen-bond donors (Lipinski definition) is 1. The lowest BCUT2D eigenvalue weighted by atomic mass is 10.1. The standard InChI is InChI=1S/C14H19N3O2/c1-18-13(11-7-3-2-4-8-11)14-16-12(19-17-14)9-5-6-10-15/h2-4,7-8,13H,5-6,9-10,15H2,1H3. The minimum atomic E-state index is -0.284. The maximum Gasteiger partial charge on any atom is 0.226 e. The first kappa shape index (κ1) is 13.7. The lowest BCUT2D eigenvalue weighted by Gasteiger charge is -2.10. The van der Waals surface area contributed by atoms with Crippen molar-refractivity contribution < 1.29 is 9.26 Å². The zero-order chi connectivity index (χ0) is 13.5. The van der Waals surface area contributed by atoms with Gasteiger partial charge in [0.05, 0.1) is 0 Å². The number of ether oxygens (including phenoxy) is 1. The van der Waals surface area contributed by atoms with Gasteiger partial charge < -0.3 is 15.0 Å². The normalized spacial score (nSPS) is 12.5. The third-order valence-electron chi connectivity index (χ3n) is 2.90. The highest BCUT2D eigenvalue weighted by atomic mass is 16.5. The third kappa shape index (κ3) is 3.62. The molecule has 19 heavy (non-hydrogen) atoms. The van der Waals surface area contributed by atoms with Crippen LogP contribution in [0.3, 0.4) is 0 Å². The molecule has 2 N–H and O–H groups in total. The molecule has 0 aliphatic carbocycles. The van der Waals surface area contributed by atoms with E-state index in [1.807, 2.05) is 30.3 Å². The number of methoxy groups -OCH3 is 1. The van der Waals surface area contributed by atoms with E-state index in [1.165, 1.54) is 0 Å². The maximum atomic E-state index is 5.46. The zero-order valence-corrected chi connectivity index (χ0v) is 11.1. The van der Waals surface area contributed by atoms with Gasteiger partial charge in [-0.1, -0.05) is 35.5 Å². The van der Waals surface area contributed by atoms with Gasteiger partial charge in [-0.15, -0.1) is 0 Å². The van der Waals surface area contributed by atoms with Crippen LogP contribution >= 0.6 is 0 Å². The first-order chi connectivity index (χ1) is 9.35. The van der Waals surface area contributed by atoms with E-state index in [1.54, 1.807) is 7.11 Å². The second-order valence-corrected chi connectivity index (χ2v) is 4.32. The van der Waals surface area contributed by atoms with Crippen molar-refractivity contribution in [2.24, 2.45) is 5.73 Å². The molecule has 5 heteroatoms. The van der Waals surface area contributed by atoms with Crippen molar-refractivity contribution in [2.45, 2.75) is 25.4 Å². The van der Waals surface area contributed by atoms with E-state index < -0.39 is 0 Å². The van der Waals surface area contributed by atoms with Gasteiger partial charge in [-0.3, -0.25) is 0 Å². The van der Waals surface area contributed by atoms with E-state index in [9.17, 15) is 0 Å². The fourth-order valence-electron chi connectivity index (χ4n) is 1.92. The molecular weight excluding hydrogens is 242 g/mol. The molecule has 5 nitrogen and oxygen atoms in total. The predicted molar refractivity (Wildman–Crippen MR) is 71.6 cm³/mol. The van der Waals surface area contributed by atoms with Crippen LogP contribution in [0.4, 0.5) is 0 Å². The number of nitrogens with two attached hydrogens (primary N) is 1. The van der Waals surface area contributed by atoms with E-state index in [4.69, 9.17) is 15.0 Å². The third-order valence-corrected chi connectivity index (χ3v) is 2.90. The van der Waals surface area contributed by atoms with Crippen molar-refractivity contribution in [2.75, 3.05) is 13.7 Å². The van der Waals surface area contributed by atoms with E-state index in [2.05, 4.69) is 10.1 Å². The van der Waals surface area contributed by atoms with Crippen LogP contribution < -0.4 is 5.73 Å². The number of aromatic nitrogens is 2. The van der Waals surface area contributed by atoms with Crippen LogP contribution in [-0.2, 0) is 11.2 Å². The summed E-state index contributed by atoms with van der Waals surface area (Å²) in [5, 5.41) is 4.00. The Hall–Kier alpha value is -1.72. The van der Waals surface area contributed by atoms with Crippen molar-refractivity contribution in [3.05, 3.63) is 47.6 Å². The quantitative estimate of drug-likeness (QED) is 0.772. The van der Waals surface area contributed by atoms with Gasteiger partial charge in [0.25, 0.3) is 0 Å². The molecule has 0 aliphatic rings. The number of hydrogen-bond acceptors (Lipinski definition) is 5. The molecule has 102 valence electrons. The van der Waals surface area contributed by atoms with Gasteiger partial charge in [0.2, 0.25) is 11.7 Å². The molecule has 0 bridgehead atoms. The summed E-state index contributed by atoms with van der Waals surface area (Å²) in [5.41, 5.74) is 6.47. The van der Waals surface area contributed by atoms with Crippen LogP contribution in [0.1, 0.15) is 36.2 Å². The minimum absolute atomic E-state index is 0.284. The highest BCUT2D eigenvalue weighted by molar-refractivity contribution is 5.22. The molecule has 2 aromatic rings. The zero-order valence-electron chi connectivity index (χ0n) is 11.1. The highest BCUT2D eigenvalue weighted by Gasteiger charge is 2.19. The second kappa shape index (κ2) is 7.01. The molecule has 0 spiro atoms. The summed E-state index contributed by atoms with van der Waals surface area (Å²) in [7, 11) is 1.64. The highest BCUT2D eigenvalue weighted by Crippen LogP contribution is 2.22. The largest absolute Gasteiger partial charge is 0.369 e. The van der Waals surface area contributed by atoms with Crippen molar-refractivity contribution in [1.82, 2.24) is 10.1 Å². The second-order valence-electron chi connectivity index (χ2n) is 4.32. The Morgan fingerprint density at radius 2 is 2.05 bits per heavy atom. The smallest absolute Gasteiger partial charge is 0.226 e. The molecule has 0 amide bonds. The Labute approximate surface area is 112 Å². The first-order valence-electron chi connectivity index (χ1n) is 6.45. The van der Waals surface area contributed by atoms with Gasteiger partial charge in [0.15, 0.2) is 0 Å². The first-order valence-corrected chi connectivity index (χ1v) is 6.45. The van der Waals surface area contributed by atoms with E-state index >= 15 is 0 Å². The van der Waals surface area contributed by atoms with Crippen LogP contribution in [0, 0.1) is 0 Å². The summed E-state index contributed by atoms with van der Waals surface area (Å²) >= 11 is 0. The van der Waals surface area contributed by atoms with E-state index in [0.29, 0.717) is 18.3 Å². The van der Waals surface area contributed by atoms with Crippen molar-refractivity contribution in [1.29, 1.82) is 0 Å². The van der Waals surface area contributed by atoms with Gasteiger partial charge in [-0.25, -0.2) is 0 Å². The molecule has 0 saturated carbocycles. The van der Waals surface area contributed by atoms with Gasteiger partial charge in [-0.2, -0.15) is 4.98 Å². The fraction of sp³-hybridized carbons (Fsp3) is 0.429. The molecule has 1 heterocycles. The van der Waals surface area contributed by atoms with Gasteiger partial charge in [0, 0.05) is 13.5 Å². The molecule has 0 fully saturated rings. The molecule has 0 radical (unpaired) electrons. The summed E-state index contributed by atoms with van der Waals surface area (Å²) in [6.07, 6.45) is 2.40. The Bertz CT molecular complexity index is 484. The van der Waals surface area contributed by atoms with Gasteiger partial charge in [-0.05, 0) is 24.9 Å². The maximum absolute atomic E-state index is 5.46. The molecule has 1 aromatic heterocycles. The van der Waals surface area contributed by atoms with Crippen LogP contribution in [0.5, 0.6) is 0 Å². The molecule has 0 aliphatic heterocycles. The monoisotopic (exact) mass is 261 g/mol. The molecule has 1 unspecified atom stereocenters. The lowest BCUT2D eigenvalue weighted by Crippen LogP contribution is -2.05. The van der Waals surface area contributed by atoms with Crippen LogP contribution in [0.2, 0.25) is 0 Å². The van der Waals surface area contributed by atoms with Crippen LogP contribution in [-0.4, -0.2) is 23.8 Å². The molecule has 1 atom stereocenters. The number of benzene rings is 1. The summed E-state index contributed by atoms with van der Waals surface area (Å²) in [6.45, 7) is 0.686. The number of aryl methyl sites for hydroxylation is 1. The lowest BCUT2D eigenvalue weighted by molar-refractivity contribution is 0.126. The summed E-state index contributed by atoms with van der Waals surface area (Å²) < 4.78 is 10.7. The Morgan fingerprint density at radius 3 is 2.74 bits per heavy atom. The summed E-state index contributed by atoms with van der Waals surface area (Å²) in [6, 6.07) is 9.86. The van der Waals surface area contributed by atoms with Gasteiger partial charge in [0.1, 0.15) is 6.10 Å². The van der Waals surface area contributed by atoms with Crippen molar-refractivity contribution in [3.8, 4) is 0 Å². The molecule has 1 aromatic carbocycles. The molecule has 2 rings (SSSR count). The Morgan fingerprint density at radius 1 is 1.26 bits per heavy atom. The predicted octanol–water partition coefficient (Wildman–Crippen LogP) is 2.09. The average molecular weight is 261 g/mol. The van der Waals surface area contributed by atoms with Crippen LogP contribution in [0.15, 0.2) is 34.9 Å². The number of nitrogens with zero attached hydrogens (tertiary/aromatic N) is 2. The summed E-state index contributed by atoms with van der Waals surface area (Å²) in [5.74, 6) is 1.21. The SMILES string of the molecule is COC(c1ccccc1)c1noc(CCCCN)n1. The summed E-state index contributed by atoms with van der Waals surface area (Å²) in [4.78, 5) is 4.39. The topological polar surface area (TPSA) is 74.2 Å². The number of rotatable bonds is 7. The van der Waals surface area contributed by atoms with Gasteiger partial charge >= 0.3 is 0 Å². The van der Waals surface area contributed by atoms with E-state index in [-0.39, 0.29) is 6.10 Å². The Balaban J connectivity index is 2.07. The van der Waals surface area contributed by atoms with E-state index in [0.717, 1.165) is 24.8 Å². The Kier molecular flexibility index (Phi) is 5.06. The van der Waals surface area contributed by atoms with Crippen molar-refractivity contribution in [3.63, 3.8) is 0 Å². The number of unbranched alkanes of at least 4 members (excludes halogenated alkanes) is 1.